The molecule has 2 aliphatic rings. The van der Waals surface area contributed by atoms with E-state index in [0.29, 0.717) is 35.5 Å². The van der Waals surface area contributed by atoms with Crippen LogP contribution in [0.2, 0.25) is 0 Å². The van der Waals surface area contributed by atoms with Gasteiger partial charge in [-0.25, -0.2) is 0 Å². The highest BCUT2D eigenvalue weighted by Gasteiger charge is 2.45. The number of carbonyl (C=O) groups excluding carboxylic acids is 4. The third-order valence-corrected chi connectivity index (χ3v) is 8.33. The minimum absolute atomic E-state index is 0.0533. The summed E-state index contributed by atoms with van der Waals surface area (Å²) in [6, 6.07) is 9.63. The van der Waals surface area contributed by atoms with Crippen LogP contribution in [-0.4, -0.2) is 81.9 Å². The number of carbonyl (C=O) groups is 5. The molecule has 14 nitrogen and oxygen atoms in total. The van der Waals surface area contributed by atoms with Crippen molar-refractivity contribution in [3.05, 3.63) is 87.6 Å². The summed E-state index contributed by atoms with van der Waals surface area (Å²) in [6.07, 6.45) is 5.12. The van der Waals surface area contributed by atoms with Crippen molar-refractivity contribution >= 4 is 40.9 Å². The van der Waals surface area contributed by atoms with E-state index in [-0.39, 0.29) is 36.0 Å². The van der Waals surface area contributed by atoms with Gasteiger partial charge < -0.3 is 19.1 Å². The maximum absolute atomic E-state index is 13.6. The van der Waals surface area contributed by atoms with Crippen LogP contribution in [0.5, 0.6) is 11.5 Å². The number of hydrogen-bond donors (Lipinski definition) is 2. The zero-order valence-electron chi connectivity index (χ0n) is 26.7. The lowest BCUT2D eigenvalue weighted by molar-refractivity contribution is -0.136. The van der Waals surface area contributed by atoms with Gasteiger partial charge >= 0.3 is 0 Å². The number of rotatable bonds is 8. The van der Waals surface area contributed by atoms with E-state index in [2.05, 4.69) is 10.3 Å². The Kier molecular flexibility index (Phi) is 9.66. The number of methoxy groups -OCH3 is 2. The fraction of sp³-hybridized carbons (Fsp3) is 0.265. The summed E-state index contributed by atoms with van der Waals surface area (Å²) < 4.78 is 13.2. The first-order valence-electron chi connectivity index (χ1n) is 14.8. The molecule has 2 aliphatic heterocycles. The molecule has 0 bridgehead atoms. The van der Waals surface area contributed by atoms with Crippen molar-refractivity contribution in [3.8, 4) is 22.6 Å². The van der Waals surface area contributed by atoms with Crippen LogP contribution < -0.4 is 20.3 Å². The summed E-state index contributed by atoms with van der Waals surface area (Å²) in [6.45, 7) is 0.422. The summed E-state index contributed by atoms with van der Waals surface area (Å²) in [4.78, 5) is 79.1. The molecule has 4 heterocycles. The zero-order valence-corrected chi connectivity index (χ0v) is 26.7. The van der Waals surface area contributed by atoms with Crippen molar-refractivity contribution in [1.82, 2.24) is 24.7 Å². The minimum atomic E-state index is -1.03. The quantitative estimate of drug-likeness (QED) is 0.210. The molecule has 4 amide bonds. The van der Waals surface area contributed by atoms with Gasteiger partial charge in [-0.15, -0.1) is 0 Å². The van der Waals surface area contributed by atoms with Crippen molar-refractivity contribution in [2.45, 2.75) is 32.0 Å². The van der Waals surface area contributed by atoms with E-state index in [9.17, 15) is 24.0 Å². The first-order chi connectivity index (χ1) is 23.0. The van der Waals surface area contributed by atoms with Gasteiger partial charge in [0.2, 0.25) is 11.8 Å². The van der Waals surface area contributed by atoms with Gasteiger partial charge in [-0.1, -0.05) is 12.1 Å². The molecule has 2 aromatic heterocycles. The molecule has 1 fully saturated rings. The molecule has 48 heavy (non-hydrogen) atoms. The van der Waals surface area contributed by atoms with Crippen LogP contribution in [0.4, 0.5) is 0 Å². The number of piperidine rings is 1. The van der Waals surface area contributed by atoms with Gasteiger partial charge in [0, 0.05) is 50.7 Å². The van der Waals surface area contributed by atoms with Crippen LogP contribution >= 0.6 is 0 Å². The maximum atomic E-state index is 13.6. The number of amides is 4. The Bertz CT molecular complexity index is 2000. The highest BCUT2D eigenvalue weighted by Crippen LogP contribution is 2.38. The number of hydrogen-bond acceptors (Lipinski definition) is 10. The van der Waals surface area contributed by atoms with Gasteiger partial charge in [0.25, 0.3) is 23.8 Å². The number of imide groups is 2. The molecule has 14 heteroatoms. The fourth-order valence-corrected chi connectivity index (χ4v) is 6.17. The number of nitrogens with one attached hydrogen (secondary N) is 1. The molecule has 0 spiro atoms. The van der Waals surface area contributed by atoms with Crippen molar-refractivity contribution < 1.29 is 38.6 Å². The van der Waals surface area contributed by atoms with E-state index in [0.717, 1.165) is 27.0 Å². The number of pyridine rings is 2. The number of aryl methyl sites for hydroxylation is 1. The van der Waals surface area contributed by atoms with E-state index in [1.54, 1.807) is 64.1 Å². The number of ether oxygens (including phenoxy) is 2. The fourth-order valence-electron chi connectivity index (χ4n) is 6.17. The van der Waals surface area contributed by atoms with E-state index < -0.39 is 29.7 Å². The average molecular weight is 656 g/mol. The molecule has 4 aromatic rings. The van der Waals surface area contributed by atoms with E-state index in [4.69, 9.17) is 19.4 Å². The third-order valence-electron chi connectivity index (χ3n) is 8.33. The van der Waals surface area contributed by atoms with Gasteiger partial charge in [-0.3, -0.25) is 48.9 Å². The van der Waals surface area contributed by atoms with Gasteiger partial charge in [0.15, 0.2) is 0 Å². The van der Waals surface area contributed by atoms with Crippen molar-refractivity contribution in [2.24, 2.45) is 7.05 Å². The Hall–Kier alpha value is -5.89. The molecule has 0 aliphatic carbocycles. The lowest BCUT2D eigenvalue weighted by atomic mass is 9.98. The summed E-state index contributed by atoms with van der Waals surface area (Å²) in [5, 5.41) is 10.4. The van der Waals surface area contributed by atoms with Crippen molar-refractivity contribution in [2.75, 3.05) is 21.3 Å². The SMILES string of the molecule is COc1cc(-c2cn(C)c(=O)c3cnccc23)cc(OC)c1CN(C)Cc1cccc2c1C(=O)N(C1CCC(=O)NC1=O)C2=O.O=CO. The molecule has 0 radical (unpaired) electrons. The largest absolute Gasteiger partial charge is 0.496 e. The number of benzene rings is 2. The third kappa shape index (κ3) is 6.12. The molecule has 0 saturated carbocycles. The second kappa shape index (κ2) is 13.8. The number of nitrogens with zero attached hydrogens (tertiary/aromatic N) is 4. The van der Waals surface area contributed by atoms with Gasteiger partial charge in [-0.05, 0) is 54.2 Å². The maximum Gasteiger partial charge on any atom is 0.290 e. The van der Waals surface area contributed by atoms with Crippen LogP contribution in [0.1, 0.15) is 44.7 Å². The van der Waals surface area contributed by atoms with Crippen LogP contribution in [0.3, 0.4) is 0 Å². The first-order valence-corrected chi connectivity index (χ1v) is 14.8. The highest BCUT2D eigenvalue weighted by atomic mass is 16.5. The monoisotopic (exact) mass is 655 g/mol. The Labute approximate surface area is 274 Å². The summed E-state index contributed by atoms with van der Waals surface area (Å²) in [5.41, 5.74) is 3.34. The predicted octanol–water partition coefficient (Wildman–Crippen LogP) is 2.35. The molecule has 1 unspecified atom stereocenters. The van der Waals surface area contributed by atoms with Crippen LogP contribution in [0.25, 0.3) is 21.9 Å². The molecule has 6 rings (SSSR count). The lowest BCUT2D eigenvalue weighted by Gasteiger charge is -2.28. The van der Waals surface area contributed by atoms with Crippen molar-refractivity contribution in [3.63, 3.8) is 0 Å². The van der Waals surface area contributed by atoms with Gasteiger partial charge in [0.1, 0.15) is 17.5 Å². The number of carboxylic acid groups (broad SMARTS) is 1. The summed E-state index contributed by atoms with van der Waals surface area (Å²) in [5.74, 6) is -1.03. The second-order valence-electron chi connectivity index (χ2n) is 11.3. The van der Waals surface area contributed by atoms with E-state index in [1.807, 2.05) is 24.1 Å². The van der Waals surface area contributed by atoms with E-state index in [1.165, 1.54) is 4.57 Å². The Morgan fingerprint density at radius 2 is 1.69 bits per heavy atom. The smallest absolute Gasteiger partial charge is 0.290 e. The molecule has 1 atom stereocenters. The molecular formula is C34H33N5O9. The summed E-state index contributed by atoms with van der Waals surface area (Å²) >= 11 is 0. The molecule has 248 valence electrons. The summed E-state index contributed by atoms with van der Waals surface area (Å²) in [7, 11) is 6.71. The highest BCUT2D eigenvalue weighted by molar-refractivity contribution is 6.24. The Morgan fingerprint density at radius 1 is 1.00 bits per heavy atom. The molecule has 2 aromatic carbocycles. The van der Waals surface area contributed by atoms with Crippen molar-refractivity contribution in [1.29, 1.82) is 0 Å². The Balaban J connectivity index is 0.00000145. The minimum Gasteiger partial charge on any atom is -0.496 e. The lowest BCUT2D eigenvalue weighted by Crippen LogP contribution is -2.54. The molecule has 2 N–H and O–H groups in total. The number of aromatic nitrogens is 2. The topological polar surface area (TPSA) is 177 Å². The second-order valence-corrected chi connectivity index (χ2v) is 11.3. The van der Waals surface area contributed by atoms with Crippen LogP contribution in [0, 0.1) is 0 Å². The number of fused-ring (bicyclic) bond motifs is 2. The zero-order chi connectivity index (χ0) is 34.7. The normalized spacial score (nSPS) is 15.6. The average Bonchev–Trinajstić information content (AvgIpc) is 3.32. The van der Waals surface area contributed by atoms with Gasteiger partial charge in [-0.2, -0.15) is 0 Å². The predicted molar refractivity (Wildman–Crippen MR) is 173 cm³/mol. The molecular weight excluding hydrogens is 622 g/mol. The first kappa shape index (κ1) is 33.5. The Morgan fingerprint density at radius 3 is 2.33 bits per heavy atom. The van der Waals surface area contributed by atoms with E-state index >= 15 is 0 Å². The van der Waals surface area contributed by atoms with Gasteiger partial charge in [0.05, 0.1) is 36.3 Å². The van der Waals surface area contributed by atoms with Crippen LogP contribution in [-0.2, 0) is 34.5 Å². The molecule has 1 saturated heterocycles. The standard InChI is InChI=1S/C33H31N5O7.CH2O2/c1-36(15-18-6-5-7-21-29(18)33(43)38(32(21)42)25-8-9-28(39)35-30(25)40)16-24-26(44-3)12-19(13-27(24)45-4)23-17-37(2)31(41)22-14-34-11-10-20(22)23;2-1-3/h5-7,10-14,17,25H,8-9,15-16H2,1-4H3,(H,35,39,40);1H,(H,2,3). The van der Waals surface area contributed by atoms with Crippen LogP contribution in [0.15, 0.2) is 59.8 Å².